The second-order valence-electron chi connectivity index (χ2n) is 9.94. The second-order valence-corrected chi connectivity index (χ2v) is 11.9. The van der Waals surface area contributed by atoms with Crippen molar-refractivity contribution in [3.8, 4) is 0 Å². The molecule has 2 aromatic rings. The molecule has 2 aliphatic heterocycles. The van der Waals surface area contributed by atoms with Crippen molar-refractivity contribution in [1.29, 1.82) is 0 Å². The van der Waals surface area contributed by atoms with Crippen LogP contribution in [0.1, 0.15) is 36.0 Å². The first-order valence-electron chi connectivity index (χ1n) is 12.8. The number of carbonyl (C=O) groups excluding carboxylic acids is 2. The molecule has 5 rings (SSSR count). The van der Waals surface area contributed by atoms with Gasteiger partial charge in [0.25, 0.3) is 5.91 Å². The van der Waals surface area contributed by atoms with Crippen LogP contribution in [-0.4, -0.2) is 91.0 Å². The zero-order chi connectivity index (χ0) is 26.0. The fraction of sp³-hybridized carbons (Fsp3) is 0.520. The predicted octanol–water partition coefficient (Wildman–Crippen LogP) is 1.43. The number of aromatic nitrogens is 2. The van der Waals surface area contributed by atoms with E-state index in [1.807, 2.05) is 17.0 Å². The number of piperazine rings is 1. The van der Waals surface area contributed by atoms with Crippen molar-refractivity contribution >= 4 is 39.3 Å². The van der Waals surface area contributed by atoms with Gasteiger partial charge in [-0.2, -0.15) is 4.98 Å². The number of amides is 2. The number of rotatable bonds is 7. The van der Waals surface area contributed by atoms with Crippen molar-refractivity contribution in [3.05, 3.63) is 42.1 Å². The average Bonchev–Trinajstić information content (AvgIpc) is 3.74. The molecule has 0 bridgehead atoms. The number of nitrogens with zero attached hydrogens (tertiary/aromatic N) is 5. The summed E-state index contributed by atoms with van der Waals surface area (Å²) in [4.78, 5) is 38.1. The highest BCUT2D eigenvalue weighted by Crippen LogP contribution is 2.31. The van der Waals surface area contributed by atoms with Gasteiger partial charge in [-0.05, 0) is 56.0 Å². The van der Waals surface area contributed by atoms with Crippen molar-refractivity contribution in [2.45, 2.75) is 31.7 Å². The van der Waals surface area contributed by atoms with Crippen molar-refractivity contribution < 1.29 is 18.0 Å². The molecule has 1 aromatic heterocycles. The Balaban J connectivity index is 1.12. The largest absolute Gasteiger partial charge is 0.349 e. The Bertz CT molecular complexity index is 1230. The monoisotopic (exact) mass is 527 g/mol. The first-order valence-corrected chi connectivity index (χ1v) is 14.6. The average molecular weight is 528 g/mol. The van der Waals surface area contributed by atoms with E-state index in [0.717, 1.165) is 18.5 Å². The number of anilines is 3. The standard InChI is InChI=1S/C25H33N7O4S/c1-37(35,36)32-12-9-21(10-13-32)28-23(33)18-4-6-20(7-5-18)27-22-8-11-26-25(29-22)31-16-14-30(15-17-31)24(34)19-2-3-19/h4-8,11,19,21H,2-3,9-10,12-17H2,1H3,(H,28,33)(H,26,27,29). The lowest BCUT2D eigenvalue weighted by Gasteiger charge is -2.34. The van der Waals surface area contributed by atoms with Crippen LogP contribution in [0.5, 0.6) is 0 Å². The topological polar surface area (TPSA) is 128 Å². The Labute approximate surface area is 217 Å². The third kappa shape index (κ3) is 6.37. The molecule has 0 unspecified atom stereocenters. The summed E-state index contributed by atoms with van der Waals surface area (Å²) in [7, 11) is -3.19. The van der Waals surface area contributed by atoms with Gasteiger partial charge in [0, 0.05) is 68.7 Å². The summed E-state index contributed by atoms with van der Waals surface area (Å²) in [6, 6.07) is 8.90. The van der Waals surface area contributed by atoms with Crippen LogP contribution in [0.25, 0.3) is 0 Å². The molecule has 1 aliphatic carbocycles. The van der Waals surface area contributed by atoms with Gasteiger partial charge in [0.1, 0.15) is 5.82 Å². The Morgan fingerprint density at radius 3 is 2.22 bits per heavy atom. The fourth-order valence-electron chi connectivity index (χ4n) is 4.74. The van der Waals surface area contributed by atoms with E-state index in [-0.39, 0.29) is 23.8 Å². The summed E-state index contributed by atoms with van der Waals surface area (Å²) in [6.45, 7) is 3.63. The van der Waals surface area contributed by atoms with Gasteiger partial charge in [0.15, 0.2) is 0 Å². The van der Waals surface area contributed by atoms with Gasteiger partial charge in [0.2, 0.25) is 21.9 Å². The summed E-state index contributed by atoms with van der Waals surface area (Å²) in [6.07, 6.45) is 6.16. The normalized spacial score (nSPS) is 19.5. The van der Waals surface area contributed by atoms with Crippen LogP contribution in [0.15, 0.2) is 36.5 Å². The summed E-state index contributed by atoms with van der Waals surface area (Å²) in [5, 5.41) is 6.27. The molecule has 2 saturated heterocycles. The maximum Gasteiger partial charge on any atom is 0.251 e. The molecule has 0 spiro atoms. The first-order chi connectivity index (χ1) is 17.8. The quantitative estimate of drug-likeness (QED) is 0.554. The molecule has 1 aromatic carbocycles. The van der Waals surface area contributed by atoms with Gasteiger partial charge in [-0.1, -0.05) is 0 Å². The van der Waals surface area contributed by atoms with Crippen molar-refractivity contribution in [3.63, 3.8) is 0 Å². The Morgan fingerprint density at radius 1 is 0.919 bits per heavy atom. The smallest absolute Gasteiger partial charge is 0.251 e. The van der Waals surface area contributed by atoms with Gasteiger partial charge in [-0.3, -0.25) is 9.59 Å². The lowest BCUT2D eigenvalue weighted by atomic mass is 10.1. The van der Waals surface area contributed by atoms with Crippen LogP contribution in [0.4, 0.5) is 17.5 Å². The Hall–Kier alpha value is -3.25. The van der Waals surface area contributed by atoms with Crippen molar-refractivity contribution in [2.24, 2.45) is 5.92 Å². The van der Waals surface area contributed by atoms with E-state index in [4.69, 9.17) is 0 Å². The number of hydrogen-bond acceptors (Lipinski definition) is 8. The van der Waals surface area contributed by atoms with Gasteiger partial charge >= 0.3 is 0 Å². The van der Waals surface area contributed by atoms with E-state index in [1.165, 1.54) is 10.6 Å². The lowest BCUT2D eigenvalue weighted by Crippen LogP contribution is -2.49. The third-order valence-electron chi connectivity index (χ3n) is 7.12. The molecule has 12 heteroatoms. The summed E-state index contributed by atoms with van der Waals surface area (Å²) in [5.74, 6) is 1.63. The molecule has 198 valence electrons. The van der Waals surface area contributed by atoms with E-state index in [9.17, 15) is 18.0 Å². The molecule has 11 nitrogen and oxygen atoms in total. The molecule has 0 radical (unpaired) electrons. The van der Waals surface area contributed by atoms with E-state index < -0.39 is 10.0 Å². The molecule has 3 aliphatic rings. The number of hydrogen-bond donors (Lipinski definition) is 2. The van der Waals surface area contributed by atoms with E-state index >= 15 is 0 Å². The number of sulfonamides is 1. The van der Waals surface area contributed by atoms with Crippen LogP contribution < -0.4 is 15.5 Å². The Kier molecular flexibility index (Phi) is 7.29. The van der Waals surface area contributed by atoms with Gasteiger partial charge in [-0.15, -0.1) is 0 Å². The summed E-state index contributed by atoms with van der Waals surface area (Å²) >= 11 is 0. The van der Waals surface area contributed by atoms with Crippen LogP contribution in [0.3, 0.4) is 0 Å². The Morgan fingerprint density at radius 2 is 1.59 bits per heavy atom. The third-order valence-corrected chi connectivity index (χ3v) is 8.42. The maximum absolute atomic E-state index is 12.7. The van der Waals surface area contributed by atoms with Gasteiger partial charge < -0.3 is 20.4 Å². The second kappa shape index (κ2) is 10.6. The predicted molar refractivity (Wildman–Crippen MR) is 140 cm³/mol. The number of nitrogens with one attached hydrogen (secondary N) is 2. The highest BCUT2D eigenvalue weighted by Gasteiger charge is 2.35. The lowest BCUT2D eigenvalue weighted by molar-refractivity contribution is -0.132. The molecule has 2 amide bonds. The SMILES string of the molecule is CS(=O)(=O)N1CCC(NC(=O)c2ccc(Nc3ccnc(N4CCN(C(=O)C5CC5)CC4)n3)cc2)CC1. The molecular weight excluding hydrogens is 494 g/mol. The number of carbonyl (C=O) groups is 2. The number of benzene rings is 1. The van der Waals surface area contributed by atoms with Crippen LogP contribution in [-0.2, 0) is 14.8 Å². The van der Waals surface area contributed by atoms with E-state index in [1.54, 1.807) is 24.4 Å². The minimum absolute atomic E-state index is 0.0450. The minimum Gasteiger partial charge on any atom is -0.349 e. The highest BCUT2D eigenvalue weighted by molar-refractivity contribution is 7.88. The molecule has 0 atom stereocenters. The van der Waals surface area contributed by atoms with Crippen LogP contribution in [0.2, 0.25) is 0 Å². The molecule has 2 N–H and O–H groups in total. The fourth-order valence-corrected chi connectivity index (χ4v) is 5.61. The van der Waals surface area contributed by atoms with E-state index in [0.29, 0.717) is 69.4 Å². The zero-order valence-corrected chi connectivity index (χ0v) is 21.8. The molecule has 1 saturated carbocycles. The van der Waals surface area contributed by atoms with E-state index in [2.05, 4.69) is 25.5 Å². The zero-order valence-electron chi connectivity index (χ0n) is 21.0. The molecule has 37 heavy (non-hydrogen) atoms. The summed E-state index contributed by atoms with van der Waals surface area (Å²) in [5.41, 5.74) is 1.33. The molecular formula is C25H33N7O4S. The van der Waals surface area contributed by atoms with Crippen LogP contribution in [0, 0.1) is 5.92 Å². The minimum atomic E-state index is -3.19. The van der Waals surface area contributed by atoms with Gasteiger partial charge in [-0.25, -0.2) is 17.7 Å². The van der Waals surface area contributed by atoms with Crippen molar-refractivity contribution in [1.82, 2.24) is 24.5 Å². The molecule has 3 heterocycles. The maximum atomic E-state index is 12.7. The highest BCUT2D eigenvalue weighted by atomic mass is 32.2. The van der Waals surface area contributed by atoms with Gasteiger partial charge in [0.05, 0.1) is 6.26 Å². The van der Waals surface area contributed by atoms with Crippen LogP contribution >= 0.6 is 0 Å². The van der Waals surface area contributed by atoms with Crippen molar-refractivity contribution in [2.75, 3.05) is 55.7 Å². The summed E-state index contributed by atoms with van der Waals surface area (Å²) < 4.78 is 24.8. The number of piperidine rings is 1. The molecule has 3 fully saturated rings. The first kappa shape index (κ1) is 25.4.